The predicted octanol–water partition coefficient (Wildman–Crippen LogP) is 5.53. The van der Waals surface area contributed by atoms with Crippen LogP contribution in [0.1, 0.15) is 47.2 Å². The molecule has 0 atom stereocenters. The summed E-state index contributed by atoms with van der Waals surface area (Å²) in [5, 5.41) is 9.02. The normalized spacial score (nSPS) is 14.7. The number of hydrogen-bond donors (Lipinski definition) is 1. The molecule has 1 saturated heterocycles. The number of aliphatic hydroxyl groups excluding tert-OH is 1. The molecule has 1 heterocycles. The number of likely N-dealkylation sites (tertiary alicyclic amines) is 1. The van der Waals surface area contributed by atoms with Gasteiger partial charge >= 0.3 is 5.97 Å². The third kappa shape index (κ3) is 6.78. The maximum atomic E-state index is 12.9. The van der Waals surface area contributed by atoms with Crippen molar-refractivity contribution in [2.24, 2.45) is 0 Å². The highest BCUT2D eigenvalue weighted by Gasteiger charge is 2.23. The van der Waals surface area contributed by atoms with E-state index in [1.54, 1.807) is 0 Å². The second kappa shape index (κ2) is 12.5. The molecule has 1 fully saturated rings. The van der Waals surface area contributed by atoms with Gasteiger partial charge in [0.25, 0.3) is 0 Å². The zero-order chi connectivity index (χ0) is 23.6. The van der Waals surface area contributed by atoms with Gasteiger partial charge in [0.15, 0.2) is 0 Å². The highest BCUT2D eigenvalue weighted by molar-refractivity contribution is 5.97. The van der Waals surface area contributed by atoms with E-state index in [-0.39, 0.29) is 18.7 Å². The highest BCUT2D eigenvalue weighted by atomic mass is 16.5. The lowest BCUT2D eigenvalue weighted by Gasteiger charge is -2.31. The SMILES string of the molecule is O=C(OC1CCN(CCCCc2ccc(CCO)cc2)CC1)c1ccccc1-c1ccccc1. The maximum absolute atomic E-state index is 12.9. The van der Waals surface area contributed by atoms with Crippen LogP contribution in [0.15, 0.2) is 78.9 Å². The number of aryl methyl sites for hydroxylation is 1. The fourth-order valence-corrected chi connectivity index (χ4v) is 4.66. The van der Waals surface area contributed by atoms with Crippen LogP contribution in [0.2, 0.25) is 0 Å². The van der Waals surface area contributed by atoms with E-state index in [1.165, 1.54) is 24.0 Å². The van der Waals surface area contributed by atoms with Crippen molar-refractivity contribution in [3.63, 3.8) is 0 Å². The predicted molar refractivity (Wildman–Crippen MR) is 137 cm³/mol. The number of carbonyl (C=O) groups excluding carboxylic acids is 1. The Morgan fingerprint density at radius 3 is 2.18 bits per heavy atom. The summed E-state index contributed by atoms with van der Waals surface area (Å²) in [5.41, 5.74) is 5.15. The molecule has 4 nitrogen and oxygen atoms in total. The lowest BCUT2D eigenvalue weighted by molar-refractivity contribution is 0.0113. The first kappa shape index (κ1) is 24.2. The first-order chi connectivity index (χ1) is 16.7. The molecule has 3 aromatic carbocycles. The van der Waals surface area contributed by atoms with Crippen molar-refractivity contribution in [2.75, 3.05) is 26.2 Å². The maximum Gasteiger partial charge on any atom is 0.339 e. The average molecular weight is 458 g/mol. The van der Waals surface area contributed by atoms with Crippen LogP contribution in [0.25, 0.3) is 11.1 Å². The number of benzene rings is 3. The molecule has 1 N–H and O–H groups in total. The Bertz CT molecular complexity index is 1020. The second-order valence-electron chi connectivity index (χ2n) is 9.11. The van der Waals surface area contributed by atoms with Crippen LogP contribution in [0, 0.1) is 0 Å². The first-order valence-electron chi connectivity index (χ1n) is 12.5. The minimum absolute atomic E-state index is 0.00925. The molecule has 178 valence electrons. The molecule has 4 rings (SSSR count). The van der Waals surface area contributed by atoms with Crippen LogP contribution >= 0.6 is 0 Å². The summed E-state index contributed by atoms with van der Waals surface area (Å²) in [6.45, 7) is 3.26. The van der Waals surface area contributed by atoms with E-state index in [9.17, 15) is 4.79 Å². The van der Waals surface area contributed by atoms with Crippen LogP contribution in [0.4, 0.5) is 0 Å². The van der Waals surface area contributed by atoms with Crippen molar-refractivity contribution in [1.29, 1.82) is 0 Å². The molecular weight excluding hydrogens is 422 g/mol. The Morgan fingerprint density at radius 1 is 0.824 bits per heavy atom. The number of piperidine rings is 1. The Kier molecular flexibility index (Phi) is 8.89. The van der Waals surface area contributed by atoms with Crippen molar-refractivity contribution >= 4 is 5.97 Å². The van der Waals surface area contributed by atoms with E-state index in [1.807, 2.05) is 54.6 Å². The van der Waals surface area contributed by atoms with Gasteiger partial charge in [-0.1, -0.05) is 72.8 Å². The van der Waals surface area contributed by atoms with Crippen LogP contribution < -0.4 is 0 Å². The Hall–Kier alpha value is -2.95. The molecule has 3 aromatic rings. The first-order valence-corrected chi connectivity index (χ1v) is 12.5. The van der Waals surface area contributed by atoms with Crippen LogP contribution in [-0.4, -0.2) is 48.3 Å². The van der Waals surface area contributed by atoms with Crippen molar-refractivity contribution in [1.82, 2.24) is 4.90 Å². The summed E-state index contributed by atoms with van der Waals surface area (Å²) in [6.07, 6.45) is 5.94. The standard InChI is InChI=1S/C30H35NO3/c32-23-19-25-15-13-24(14-16-25)8-6-7-20-31-21-17-27(18-22-31)34-30(33)29-12-5-4-11-28(29)26-9-2-1-3-10-26/h1-5,9-16,27,32H,6-8,17-23H2. The summed E-state index contributed by atoms with van der Waals surface area (Å²) in [4.78, 5) is 15.4. The summed E-state index contributed by atoms with van der Waals surface area (Å²) in [5.74, 6) is -0.220. The lowest BCUT2D eigenvalue weighted by atomic mass is 9.99. The van der Waals surface area contributed by atoms with Gasteiger partial charge in [-0.2, -0.15) is 0 Å². The third-order valence-corrected chi connectivity index (χ3v) is 6.65. The van der Waals surface area contributed by atoms with Gasteiger partial charge in [-0.05, 0) is 73.4 Å². The number of aliphatic hydroxyl groups is 1. The number of esters is 1. The molecule has 1 aliphatic heterocycles. The minimum atomic E-state index is -0.220. The van der Waals surface area contributed by atoms with Gasteiger partial charge in [0.05, 0.1) is 5.56 Å². The molecule has 0 unspecified atom stereocenters. The fraction of sp³-hybridized carbons (Fsp3) is 0.367. The van der Waals surface area contributed by atoms with Crippen molar-refractivity contribution in [3.8, 4) is 11.1 Å². The minimum Gasteiger partial charge on any atom is -0.459 e. The molecule has 0 aromatic heterocycles. The molecule has 0 radical (unpaired) electrons. The second-order valence-corrected chi connectivity index (χ2v) is 9.11. The molecule has 1 aliphatic rings. The number of rotatable bonds is 10. The smallest absolute Gasteiger partial charge is 0.339 e. The Morgan fingerprint density at radius 2 is 1.47 bits per heavy atom. The van der Waals surface area contributed by atoms with Crippen molar-refractivity contribution < 1.29 is 14.6 Å². The fourth-order valence-electron chi connectivity index (χ4n) is 4.66. The van der Waals surface area contributed by atoms with E-state index in [2.05, 4.69) is 29.2 Å². The highest BCUT2D eigenvalue weighted by Crippen LogP contribution is 2.25. The zero-order valence-corrected chi connectivity index (χ0v) is 19.9. The van der Waals surface area contributed by atoms with Crippen molar-refractivity contribution in [2.45, 2.75) is 44.6 Å². The van der Waals surface area contributed by atoms with Gasteiger partial charge in [-0.3, -0.25) is 0 Å². The van der Waals surface area contributed by atoms with Crippen molar-refractivity contribution in [3.05, 3.63) is 95.6 Å². The molecule has 4 heteroatoms. The Labute approximate surface area is 203 Å². The molecule has 34 heavy (non-hydrogen) atoms. The summed E-state index contributed by atoms with van der Waals surface area (Å²) < 4.78 is 5.92. The number of ether oxygens (including phenoxy) is 1. The van der Waals surface area contributed by atoms with Gasteiger partial charge in [0.2, 0.25) is 0 Å². The number of hydrogen-bond acceptors (Lipinski definition) is 4. The largest absolute Gasteiger partial charge is 0.459 e. The van der Waals surface area contributed by atoms with E-state index in [4.69, 9.17) is 9.84 Å². The third-order valence-electron chi connectivity index (χ3n) is 6.65. The topological polar surface area (TPSA) is 49.8 Å². The molecular formula is C30H35NO3. The zero-order valence-electron chi connectivity index (χ0n) is 19.9. The quantitative estimate of drug-likeness (QED) is 0.321. The summed E-state index contributed by atoms with van der Waals surface area (Å²) >= 11 is 0. The summed E-state index contributed by atoms with van der Waals surface area (Å²) in [6, 6.07) is 26.3. The van der Waals surface area contributed by atoms with Crippen LogP contribution in [0.5, 0.6) is 0 Å². The van der Waals surface area contributed by atoms with Gasteiger partial charge in [0.1, 0.15) is 6.10 Å². The molecule has 0 aliphatic carbocycles. The van der Waals surface area contributed by atoms with E-state index in [0.29, 0.717) is 5.56 Å². The average Bonchev–Trinajstić information content (AvgIpc) is 2.89. The van der Waals surface area contributed by atoms with Gasteiger partial charge in [0, 0.05) is 19.7 Å². The lowest BCUT2D eigenvalue weighted by Crippen LogP contribution is -2.38. The van der Waals surface area contributed by atoms with Crippen LogP contribution in [-0.2, 0) is 17.6 Å². The molecule has 0 spiro atoms. The van der Waals surface area contributed by atoms with Gasteiger partial charge in [-0.25, -0.2) is 4.79 Å². The summed E-state index contributed by atoms with van der Waals surface area (Å²) in [7, 11) is 0. The van der Waals surface area contributed by atoms with Gasteiger partial charge in [-0.15, -0.1) is 0 Å². The number of nitrogens with zero attached hydrogens (tertiary/aromatic N) is 1. The number of unbranched alkanes of at least 4 members (excludes halogenated alkanes) is 1. The molecule has 0 bridgehead atoms. The van der Waals surface area contributed by atoms with Crippen LogP contribution in [0.3, 0.4) is 0 Å². The molecule has 0 amide bonds. The Balaban J connectivity index is 1.19. The van der Waals surface area contributed by atoms with E-state index < -0.39 is 0 Å². The van der Waals surface area contributed by atoms with Gasteiger partial charge < -0.3 is 14.7 Å². The monoisotopic (exact) mass is 457 g/mol. The molecule has 0 saturated carbocycles. The van der Waals surface area contributed by atoms with E-state index in [0.717, 1.165) is 56.4 Å². The van der Waals surface area contributed by atoms with E-state index >= 15 is 0 Å². The number of carbonyl (C=O) groups is 1.